The molecule has 2 N–H and O–H groups in total. The lowest BCUT2D eigenvalue weighted by atomic mass is 9.78. The largest absolute Gasteiger partial charge is 0.328 e. The predicted octanol–water partition coefficient (Wildman–Crippen LogP) is 2.23. The number of nitrogens with zero attached hydrogens (tertiary/aromatic N) is 1. The first-order chi connectivity index (χ1) is 7.16. The van der Waals surface area contributed by atoms with Gasteiger partial charge in [-0.25, -0.2) is 0 Å². The Morgan fingerprint density at radius 1 is 0.933 bits per heavy atom. The molecule has 0 bridgehead atoms. The zero-order valence-corrected chi connectivity index (χ0v) is 10.3. The van der Waals surface area contributed by atoms with Crippen molar-refractivity contribution in [1.29, 1.82) is 0 Å². The van der Waals surface area contributed by atoms with Gasteiger partial charge in [-0.3, -0.25) is 0 Å². The van der Waals surface area contributed by atoms with E-state index in [-0.39, 0.29) is 0 Å². The number of piperidine rings is 1. The van der Waals surface area contributed by atoms with Crippen LogP contribution in [-0.4, -0.2) is 30.1 Å². The smallest absolute Gasteiger partial charge is 0.00980 e. The fraction of sp³-hybridized carbons (Fsp3) is 1.00. The van der Waals surface area contributed by atoms with Gasteiger partial charge in [0.05, 0.1) is 0 Å². The molecule has 0 aromatic carbocycles. The summed E-state index contributed by atoms with van der Waals surface area (Å²) in [6.45, 7) is 7.32. The maximum Gasteiger partial charge on any atom is 0.00980 e. The summed E-state index contributed by atoms with van der Waals surface area (Å²) < 4.78 is 0. The van der Waals surface area contributed by atoms with E-state index in [1.54, 1.807) is 0 Å². The van der Waals surface area contributed by atoms with Crippen LogP contribution < -0.4 is 5.73 Å². The van der Waals surface area contributed by atoms with Gasteiger partial charge in [-0.15, -0.1) is 0 Å². The number of hydrogen-bond donors (Lipinski definition) is 1. The van der Waals surface area contributed by atoms with Crippen LogP contribution in [0.15, 0.2) is 0 Å². The van der Waals surface area contributed by atoms with Gasteiger partial charge in [-0.05, 0) is 57.0 Å². The molecule has 2 rings (SSSR count). The molecule has 0 aromatic rings. The Balaban J connectivity index is 1.84. The molecular weight excluding hydrogens is 184 g/mol. The van der Waals surface area contributed by atoms with Crippen LogP contribution in [0.2, 0.25) is 0 Å². The first kappa shape index (κ1) is 11.4. The Morgan fingerprint density at radius 3 is 2.20 bits per heavy atom. The summed E-state index contributed by atoms with van der Waals surface area (Å²) in [5.41, 5.74) is 5.95. The Labute approximate surface area is 94.2 Å². The van der Waals surface area contributed by atoms with Crippen LogP contribution in [0.4, 0.5) is 0 Å². The van der Waals surface area contributed by atoms with Crippen LogP contribution in [0.5, 0.6) is 0 Å². The molecule has 0 aromatic heterocycles. The number of rotatable bonds is 1. The minimum absolute atomic E-state index is 0.473. The summed E-state index contributed by atoms with van der Waals surface area (Å²) in [5.74, 6) is 1.85. The van der Waals surface area contributed by atoms with Crippen molar-refractivity contribution in [2.75, 3.05) is 13.1 Å². The van der Waals surface area contributed by atoms with E-state index in [0.29, 0.717) is 6.04 Å². The lowest BCUT2D eigenvalue weighted by molar-refractivity contribution is 0.0869. The summed E-state index contributed by atoms with van der Waals surface area (Å²) in [7, 11) is 0. The molecule has 0 radical (unpaired) electrons. The second-order valence-corrected chi connectivity index (χ2v) is 5.79. The maximum atomic E-state index is 5.95. The molecule has 2 aliphatic rings. The molecule has 1 aliphatic heterocycles. The average molecular weight is 210 g/mol. The third-order valence-corrected chi connectivity index (χ3v) is 4.66. The molecule has 88 valence electrons. The molecule has 1 aliphatic carbocycles. The normalized spacial score (nSPS) is 40.6. The molecule has 0 amide bonds. The lowest BCUT2D eigenvalue weighted by Crippen LogP contribution is -2.47. The SMILES string of the molecule is CC1CCC(N2CCC(N)CC2)CC1C. The van der Waals surface area contributed by atoms with Gasteiger partial charge in [-0.1, -0.05) is 13.8 Å². The van der Waals surface area contributed by atoms with Gasteiger partial charge in [0.2, 0.25) is 0 Å². The Morgan fingerprint density at radius 2 is 1.60 bits per heavy atom. The Kier molecular flexibility index (Phi) is 3.68. The van der Waals surface area contributed by atoms with Gasteiger partial charge in [-0.2, -0.15) is 0 Å². The zero-order chi connectivity index (χ0) is 10.8. The number of likely N-dealkylation sites (tertiary alicyclic amines) is 1. The topological polar surface area (TPSA) is 29.3 Å². The molecule has 3 unspecified atom stereocenters. The van der Waals surface area contributed by atoms with Crippen LogP contribution in [0.1, 0.15) is 46.0 Å². The van der Waals surface area contributed by atoms with Crippen molar-refractivity contribution in [2.24, 2.45) is 17.6 Å². The molecule has 2 nitrogen and oxygen atoms in total. The van der Waals surface area contributed by atoms with Crippen molar-refractivity contribution < 1.29 is 0 Å². The predicted molar refractivity (Wildman–Crippen MR) is 64.7 cm³/mol. The molecule has 0 spiro atoms. The number of nitrogens with two attached hydrogens (primary N) is 1. The van der Waals surface area contributed by atoms with Crippen LogP contribution in [-0.2, 0) is 0 Å². The minimum atomic E-state index is 0.473. The highest BCUT2D eigenvalue weighted by Gasteiger charge is 2.30. The minimum Gasteiger partial charge on any atom is -0.328 e. The fourth-order valence-electron chi connectivity index (χ4n) is 3.14. The van der Waals surface area contributed by atoms with E-state index < -0.39 is 0 Å². The first-order valence-electron chi connectivity index (χ1n) is 6.66. The van der Waals surface area contributed by atoms with Crippen molar-refractivity contribution in [3.8, 4) is 0 Å². The molecule has 1 heterocycles. The molecule has 2 heteroatoms. The second kappa shape index (κ2) is 4.84. The van der Waals surface area contributed by atoms with E-state index in [1.807, 2.05) is 0 Å². The summed E-state index contributed by atoms with van der Waals surface area (Å²) >= 11 is 0. The van der Waals surface area contributed by atoms with E-state index in [4.69, 9.17) is 5.73 Å². The van der Waals surface area contributed by atoms with Crippen molar-refractivity contribution in [2.45, 2.75) is 58.0 Å². The molecule has 2 fully saturated rings. The fourth-order valence-corrected chi connectivity index (χ4v) is 3.14. The molecule has 1 saturated heterocycles. The van der Waals surface area contributed by atoms with Gasteiger partial charge in [0.1, 0.15) is 0 Å². The van der Waals surface area contributed by atoms with E-state index >= 15 is 0 Å². The van der Waals surface area contributed by atoms with E-state index in [0.717, 1.165) is 17.9 Å². The van der Waals surface area contributed by atoms with Crippen LogP contribution in [0.25, 0.3) is 0 Å². The third kappa shape index (κ3) is 2.73. The first-order valence-corrected chi connectivity index (χ1v) is 6.66. The van der Waals surface area contributed by atoms with Crippen molar-refractivity contribution in [3.05, 3.63) is 0 Å². The van der Waals surface area contributed by atoms with Gasteiger partial charge < -0.3 is 10.6 Å². The van der Waals surface area contributed by atoms with Crippen LogP contribution in [0.3, 0.4) is 0 Å². The summed E-state index contributed by atoms with van der Waals surface area (Å²) in [6, 6.07) is 1.34. The van der Waals surface area contributed by atoms with Crippen molar-refractivity contribution in [1.82, 2.24) is 4.90 Å². The van der Waals surface area contributed by atoms with Crippen LogP contribution in [0, 0.1) is 11.8 Å². The summed E-state index contributed by atoms with van der Waals surface area (Å²) in [4.78, 5) is 2.70. The van der Waals surface area contributed by atoms with Gasteiger partial charge in [0.15, 0.2) is 0 Å². The molecule has 3 atom stereocenters. The third-order valence-electron chi connectivity index (χ3n) is 4.66. The van der Waals surface area contributed by atoms with E-state index in [1.165, 1.54) is 45.2 Å². The monoisotopic (exact) mass is 210 g/mol. The van der Waals surface area contributed by atoms with E-state index in [9.17, 15) is 0 Å². The Bertz CT molecular complexity index is 197. The molecule has 1 saturated carbocycles. The summed E-state index contributed by atoms with van der Waals surface area (Å²) in [6.07, 6.45) is 6.67. The molecule has 15 heavy (non-hydrogen) atoms. The highest BCUT2D eigenvalue weighted by molar-refractivity contribution is 4.85. The quantitative estimate of drug-likeness (QED) is 0.719. The van der Waals surface area contributed by atoms with Gasteiger partial charge >= 0.3 is 0 Å². The standard InChI is InChI=1S/C13H26N2/c1-10-3-4-13(9-11(10)2)15-7-5-12(14)6-8-15/h10-13H,3-9,14H2,1-2H3. The average Bonchev–Trinajstić information content (AvgIpc) is 2.23. The van der Waals surface area contributed by atoms with Crippen LogP contribution >= 0.6 is 0 Å². The second-order valence-electron chi connectivity index (χ2n) is 5.79. The number of hydrogen-bond acceptors (Lipinski definition) is 2. The summed E-state index contributed by atoms with van der Waals surface area (Å²) in [5, 5.41) is 0. The van der Waals surface area contributed by atoms with Crippen molar-refractivity contribution in [3.63, 3.8) is 0 Å². The highest BCUT2D eigenvalue weighted by Crippen LogP contribution is 2.32. The van der Waals surface area contributed by atoms with Gasteiger partial charge in [0.25, 0.3) is 0 Å². The lowest BCUT2D eigenvalue weighted by Gasteiger charge is -2.42. The maximum absolute atomic E-state index is 5.95. The van der Waals surface area contributed by atoms with Gasteiger partial charge in [0, 0.05) is 12.1 Å². The Hall–Kier alpha value is -0.0800. The van der Waals surface area contributed by atoms with Crippen molar-refractivity contribution >= 4 is 0 Å². The molecular formula is C13H26N2. The zero-order valence-electron chi connectivity index (χ0n) is 10.3. The highest BCUT2D eigenvalue weighted by atomic mass is 15.2. The van der Waals surface area contributed by atoms with E-state index in [2.05, 4.69) is 18.7 Å².